The zero-order valence-electron chi connectivity index (χ0n) is 21.0. The fourth-order valence-electron chi connectivity index (χ4n) is 5.54. The van der Waals surface area contributed by atoms with E-state index < -0.39 is 5.95 Å². The van der Waals surface area contributed by atoms with E-state index >= 15 is 0 Å². The van der Waals surface area contributed by atoms with Crippen molar-refractivity contribution in [3.8, 4) is 22.5 Å². The molecule has 2 aliphatic rings. The molecule has 1 N–H and O–H groups in total. The van der Waals surface area contributed by atoms with Crippen LogP contribution in [0.15, 0.2) is 60.9 Å². The molecule has 1 atom stereocenters. The monoisotopic (exact) mass is 509 g/mol. The Morgan fingerprint density at radius 3 is 2.95 bits per heavy atom. The molecule has 0 amide bonds. The minimum atomic E-state index is -0.498. The summed E-state index contributed by atoms with van der Waals surface area (Å²) in [6, 6.07) is 16.0. The van der Waals surface area contributed by atoms with Crippen molar-refractivity contribution in [1.82, 2.24) is 35.1 Å². The summed E-state index contributed by atoms with van der Waals surface area (Å²) in [5, 5.41) is 18.2. The molecule has 1 saturated heterocycles. The van der Waals surface area contributed by atoms with E-state index in [2.05, 4.69) is 38.8 Å². The van der Waals surface area contributed by atoms with Gasteiger partial charge in [-0.3, -0.25) is 0 Å². The Balaban J connectivity index is 1.27. The molecular formula is C29H28FN7O. The van der Waals surface area contributed by atoms with E-state index in [1.807, 2.05) is 33.8 Å². The average Bonchev–Trinajstić information content (AvgIpc) is 3.58. The van der Waals surface area contributed by atoms with Crippen LogP contribution in [0.25, 0.3) is 33.4 Å². The molecule has 3 aromatic heterocycles. The van der Waals surface area contributed by atoms with Crippen LogP contribution >= 0.6 is 0 Å². The highest BCUT2D eigenvalue weighted by Crippen LogP contribution is 2.35. The highest BCUT2D eigenvalue weighted by molar-refractivity contribution is 5.95. The van der Waals surface area contributed by atoms with Crippen molar-refractivity contribution in [3.63, 3.8) is 0 Å². The summed E-state index contributed by atoms with van der Waals surface area (Å²) in [4.78, 5) is 3.83. The first-order valence-electron chi connectivity index (χ1n) is 13.2. The first-order valence-corrected chi connectivity index (χ1v) is 13.2. The fourth-order valence-corrected chi connectivity index (χ4v) is 5.54. The van der Waals surface area contributed by atoms with Crippen LogP contribution in [-0.2, 0) is 24.2 Å². The van der Waals surface area contributed by atoms with Crippen LogP contribution in [0.4, 0.5) is 4.39 Å². The Morgan fingerprint density at radius 1 is 1.08 bits per heavy atom. The molecule has 0 saturated carbocycles. The van der Waals surface area contributed by atoms with E-state index in [4.69, 9.17) is 9.84 Å². The molecule has 7 rings (SSSR count). The van der Waals surface area contributed by atoms with E-state index in [0.717, 1.165) is 55.2 Å². The third-order valence-corrected chi connectivity index (χ3v) is 7.49. The second kappa shape index (κ2) is 9.74. The van der Waals surface area contributed by atoms with E-state index in [9.17, 15) is 4.39 Å². The third-order valence-electron chi connectivity index (χ3n) is 7.49. The average molecular weight is 510 g/mol. The first kappa shape index (κ1) is 23.2. The number of nitrogens with one attached hydrogen (secondary N) is 1. The predicted molar refractivity (Wildman–Crippen MR) is 142 cm³/mol. The molecule has 2 aliphatic heterocycles. The number of aromatic nitrogens is 6. The predicted octanol–water partition coefficient (Wildman–Crippen LogP) is 4.89. The topological polar surface area (TPSA) is 82.7 Å². The number of hydrogen-bond donors (Lipinski definition) is 1. The van der Waals surface area contributed by atoms with Crippen molar-refractivity contribution in [3.05, 3.63) is 83.6 Å². The summed E-state index contributed by atoms with van der Waals surface area (Å²) in [5.41, 5.74) is 7.45. The van der Waals surface area contributed by atoms with Crippen LogP contribution in [0.2, 0.25) is 0 Å². The maximum absolute atomic E-state index is 14.5. The Morgan fingerprint density at radius 2 is 2.05 bits per heavy atom. The van der Waals surface area contributed by atoms with Gasteiger partial charge in [-0.05, 0) is 78.7 Å². The maximum Gasteiger partial charge on any atom is 0.220 e. The van der Waals surface area contributed by atoms with Crippen LogP contribution in [0, 0.1) is 5.95 Å². The molecule has 0 spiro atoms. The van der Waals surface area contributed by atoms with Crippen LogP contribution in [0.1, 0.15) is 42.2 Å². The second-order valence-corrected chi connectivity index (χ2v) is 10.0. The van der Waals surface area contributed by atoms with Crippen LogP contribution < -0.4 is 5.32 Å². The summed E-state index contributed by atoms with van der Waals surface area (Å²) in [7, 11) is 0. The lowest BCUT2D eigenvalue weighted by Gasteiger charge is -2.23. The number of nitrogens with zero attached hydrogens (tertiary/aromatic N) is 6. The van der Waals surface area contributed by atoms with Gasteiger partial charge in [0.05, 0.1) is 18.3 Å². The number of benzene rings is 2. The summed E-state index contributed by atoms with van der Waals surface area (Å²) >= 11 is 0. The maximum atomic E-state index is 14.5. The standard InChI is InChI=1S/C29H28FN7O/c30-29-23(4-3-11-32-29)21-8-9-26-24(15-21)28(34-37(26)27-5-1-2-13-38-27)25-18-36(35-33-25)17-19-6-7-20-10-12-31-16-22(20)14-19/h3-4,6-9,11,14-15,18,27,31H,1-2,5,10,12-13,16-17H2. The van der Waals surface area contributed by atoms with Gasteiger partial charge in [0.2, 0.25) is 5.95 Å². The van der Waals surface area contributed by atoms with Crippen LogP contribution in [0.5, 0.6) is 0 Å². The van der Waals surface area contributed by atoms with Crippen molar-refractivity contribution in [2.24, 2.45) is 0 Å². The van der Waals surface area contributed by atoms with Crippen molar-refractivity contribution in [1.29, 1.82) is 0 Å². The largest absolute Gasteiger partial charge is 0.356 e. The highest BCUT2D eigenvalue weighted by atomic mass is 19.1. The van der Waals surface area contributed by atoms with Gasteiger partial charge in [0, 0.05) is 30.3 Å². The molecule has 192 valence electrons. The van der Waals surface area contributed by atoms with Crippen LogP contribution in [-0.4, -0.2) is 42.9 Å². The molecule has 38 heavy (non-hydrogen) atoms. The first-order chi connectivity index (χ1) is 18.7. The Bertz CT molecular complexity index is 1620. The molecule has 8 nitrogen and oxygen atoms in total. The lowest BCUT2D eigenvalue weighted by Crippen LogP contribution is -2.23. The van der Waals surface area contributed by atoms with Gasteiger partial charge in [-0.1, -0.05) is 29.5 Å². The Hall–Kier alpha value is -3.95. The van der Waals surface area contributed by atoms with Gasteiger partial charge >= 0.3 is 0 Å². The highest BCUT2D eigenvalue weighted by Gasteiger charge is 2.23. The number of rotatable bonds is 5. The Kier molecular flexibility index (Phi) is 5.94. The van der Waals surface area contributed by atoms with Gasteiger partial charge in [-0.25, -0.2) is 14.3 Å². The van der Waals surface area contributed by atoms with E-state index in [1.165, 1.54) is 22.9 Å². The molecule has 0 bridgehead atoms. The summed E-state index contributed by atoms with van der Waals surface area (Å²) < 4.78 is 24.4. The van der Waals surface area contributed by atoms with Crippen molar-refractivity contribution in [2.45, 2.75) is 45.0 Å². The molecular weight excluding hydrogens is 481 g/mol. The van der Waals surface area contributed by atoms with Gasteiger partial charge in [0.15, 0.2) is 6.23 Å². The van der Waals surface area contributed by atoms with E-state index in [1.54, 1.807) is 12.1 Å². The molecule has 9 heteroatoms. The number of hydrogen-bond acceptors (Lipinski definition) is 6. The number of halogens is 1. The zero-order chi connectivity index (χ0) is 25.5. The second-order valence-electron chi connectivity index (χ2n) is 10.0. The molecule has 1 fully saturated rings. The van der Waals surface area contributed by atoms with Gasteiger partial charge in [0.25, 0.3) is 0 Å². The lowest BCUT2D eigenvalue weighted by molar-refractivity contribution is -0.0365. The SMILES string of the molecule is Fc1ncccc1-c1ccc2c(c1)c(-c1cn(Cc3ccc4c(c3)CNCC4)nn1)nn2C1CCCCO1. The summed E-state index contributed by atoms with van der Waals surface area (Å²) in [6.07, 6.45) is 7.36. The minimum absolute atomic E-state index is 0.139. The molecule has 0 radical (unpaired) electrons. The number of pyridine rings is 1. The molecule has 0 aliphatic carbocycles. The fraction of sp³-hybridized carbons (Fsp3) is 0.310. The van der Waals surface area contributed by atoms with E-state index in [-0.39, 0.29) is 6.23 Å². The van der Waals surface area contributed by atoms with Crippen LogP contribution in [0.3, 0.4) is 0 Å². The smallest absolute Gasteiger partial charge is 0.220 e. The van der Waals surface area contributed by atoms with Crippen molar-refractivity contribution < 1.29 is 9.13 Å². The molecule has 1 unspecified atom stereocenters. The molecule has 5 aromatic rings. The number of ether oxygens (including phenoxy) is 1. The minimum Gasteiger partial charge on any atom is -0.356 e. The summed E-state index contributed by atoms with van der Waals surface area (Å²) in [6.45, 7) is 3.27. The van der Waals surface area contributed by atoms with Gasteiger partial charge in [0.1, 0.15) is 11.4 Å². The van der Waals surface area contributed by atoms with Gasteiger partial charge in [-0.15, -0.1) is 5.10 Å². The normalized spacial score (nSPS) is 17.6. The Labute approximate surface area is 219 Å². The number of fused-ring (bicyclic) bond motifs is 2. The lowest BCUT2D eigenvalue weighted by atomic mass is 9.98. The van der Waals surface area contributed by atoms with Crippen molar-refractivity contribution >= 4 is 10.9 Å². The summed E-state index contributed by atoms with van der Waals surface area (Å²) in [5.74, 6) is -0.498. The van der Waals surface area contributed by atoms with Gasteiger partial charge < -0.3 is 10.1 Å². The third kappa shape index (κ3) is 4.27. The quantitative estimate of drug-likeness (QED) is 0.340. The van der Waals surface area contributed by atoms with E-state index in [0.29, 0.717) is 30.1 Å². The van der Waals surface area contributed by atoms with Crippen molar-refractivity contribution in [2.75, 3.05) is 13.2 Å². The molecule has 5 heterocycles. The van der Waals surface area contributed by atoms with Gasteiger partial charge in [-0.2, -0.15) is 9.49 Å². The molecule has 2 aromatic carbocycles. The zero-order valence-corrected chi connectivity index (χ0v) is 21.0.